The minimum atomic E-state index is -0.0928. The van der Waals surface area contributed by atoms with E-state index in [2.05, 4.69) is 22.9 Å². The van der Waals surface area contributed by atoms with Crippen molar-refractivity contribution in [3.05, 3.63) is 35.1 Å². The number of hydrogen-bond donors (Lipinski definition) is 0. The van der Waals surface area contributed by atoms with Crippen LogP contribution in [0.3, 0.4) is 0 Å². The lowest BCUT2D eigenvalue weighted by atomic mass is 10.00. The Kier molecular flexibility index (Phi) is 4.88. The lowest BCUT2D eigenvalue weighted by molar-refractivity contribution is 0.0384. The third-order valence-electron chi connectivity index (χ3n) is 4.71. The van der Waals surface area contributed by atoms with Crippen LogP contribution in [0.5, 0.6) is 0 Å². The van der Waals surface area contributed by atoms with E-state index in [1.165, 1.54) is 6.42 Å². The molecule has 2 fully saturated rings. The van der Waals surface area contributed by atoms with E-state index in [1.54, 1.807) is 12.1 Å². The molecule has 2 saturated heterocycles. The highest BCUT2D eigenvalue weighted by atomic mass is 19.1. The second kappa shape index (κ2) is 6.86. The Balaban J connectivity index is 1.65. The third kappa shape index (κ3) is 3.82. The number of morpholine rings is 1. The Bertz CT molecular complexity index is 474. The van der Waals surface area contributed by atoms with Crippen LogP contribution in [0, 0.1) is 5.82 Å². The number of likely N-dealkylation sites (tertiary alicyclic amines) is 1. The Morgan fingerprint density at radius 1 is 1.19 bits per heavy atom. The Morgan fingerprint density at radius 2 is 2.00 bits per heavy atom. The molecule has 2 aliphatic rings. The molecule has 1 unspecified atom stereocenters. The summed E-state index contributed by atoms with van der Waals surface area (Å²) in [6.07, 6.45) is 3.27. The van der Waals surface area contributed by atoms with Crippen LogP contribution in [0.4, 0.5) is 4.39 Å². The van der Waals surface area contributed by atoms with Crippen LogP contribution >= 0.6 is 0 Å². The molecule has 116 valence electrons. The molecule has 0 amide bonds. The molecular formula is C17H25FN2O. The van der Waals surface area contributed by atoms with Gasteiger partial charge in [-0.15, -0.1) is 0 Å². The normalized spacial score (nSPS) is 24.6. The smallest absolute Gasteiger partial charge is 0.123 e. The summed E-state index contributed by atoms with van der Waals surface area (Å²) in [4.78, 5) is 4.73. The van der Waals surface area contributed by atoms with Gasteiger partial charge in [0.15, 0.2) is 0 Å². The molecule has 3 nitrogen and oxygen atoms in total. The summed E-state index contributed by atoms with van der Waals surface area (Å²) >= 11 is 0. The fourth-order valence-corrected chi connectivity index (χ4v) is 3.46. The van der Waals surface area contributed by atoms with E-state index in [4.69, 9.17) is 4.74 Å². The zero-order chi connectivity index (χ0) is 14.7. The summed E-state index contributed by atoms with van der Waals surface area (Å²) in [5.41, 5.74) is 2.27. The van der Waals surface area contributed by atoms with Crippen LogP contribution in [0.15, 0.2) is 18.2 Å². The largest absolute Gasteiger partial charge is 0.379 e. The van der Waals surface area contributed by atoms with Crippen molar-refractivity contribution in [2.75, 3.05) is 46.4 Å². The van der Waals surface area contributed by atoms with Gasteiger partial charge in [0.25, 0.3) is 0 Å². The summed E-state index contributed by atoms with van der Waals surface area (Å²) < 4.78 is 19.3. The molecule has 2 aliphatic heterocycles. The lowest BCUT2D eigenvalue weighted by Crippen LogP contribution is -2.37. The molecule has 0 aromatic heterocycles. The second-order valence-electron chi connectivity index (χ2n) is 6.24. The van der Waals surface area contributed by atoms with Crippen LogP contribution < -0.4 is 0 Å². The van der Waals surface area contributed by atoms with Gasteiger partial charge in [0.05, 0.1) is 13.2 Å². The van der Waals surface area contributed by atoms with Gasteiger partial charge in [0, 0.05) is 25.7 Å². The average Bonchev–Trinajstić information content (AvgIpc) is 2.92. The number of hydrogen-bond acceptors (Lipinski definition) is 3. The third-order valence-corrected chi connectivity index (χ3v) is 4.71. The molecule has 0 bridgehead atoms. The minimum absolute atomic E-state index is 0.0928. The van der Waals surface area contributed by atoms with Gasteiger partial charge in [-0.25, -0.2) is 4.39 Å². The molecule has 3 rings (SSSR count). The molecule has 0 aliphatic carbocycles. The van der Waals surface area contributed by atoms with Crippen molar-refractivity contribution in [3.8, 4) is 0 Å². The van der Waals surface area contributed by atoms with Crippen molar-refractivity contribution in [3.63, 3.8) is 0 Å². The Hall–Kier alpha value is -0.970. The summed E-state index contributed by atoms with van der Waals surface area (Å²) in [5.74, 6) is -0.0928. The number of benzene rings is 1. The topological polar surface area (TPSA) is 15.7 Å². The predicted octanol–water partition coefficient (Wildman–Crippen LogP) is 2.47. The summed E-state index contributed by atoms with van der Waals surface area (Å²) in [5, 5.41) is 0. The first-order valence-electron chi connectivity index (χ1n) is 8.02. The number of nitrogens with zero attached hydrogens (tertiary/aromatic N) is 2. The van der Waals surface area contributed by atoms with Crippen LogP contribution in [0.1, 0.15) is 30.0 Å². The number of rotatable bonds is 4. The molecule has 1 aromatic carbocycles. The zero-order valence-electron chi connectivity index (χ0n) is 12.9. The molecule has 21 heavy (non-hydrogen) atoms. The van der Waals surface area contributed by atoms with Gasteiger partial charge >= 0.3 is 0 Å². The van der Waals surface area contributed by atoms with Crippen LogP contribution in [0.2, 0.25) is 0 Å². The quantitative estimate of drug-likeness (QED) is 0.848. The maximum Gasteiger partial charge on any atom is 0.123 e. The molecule has 0 spiro atoms. The summed E-state index contributed by atoms with van der Waals surface area (Å²) in [6, 6.07) is 6.00. The van der Waals surface area contributed by atoms with Gasteiger partial charge in [-0.05, 0) is 56.1 Å². The van der Waals surface area contributed by atoms with Gasteiger partial charge in [0.1, 0.15) is 5.82 Å². The first kappa shape index (κ1) is 14.9. The van der Waals surface area contributed by atoms with Crippen molar-refractivity contribution < 1.29 is 9.13 Å². The standard InChI is InChI=1S/C17H25FN2O/c1-19-5-2-3-17(19)15-11-14(12-16(18)13-15)4-6-20-7-9-21-10-8-20/h11-13,17H,2-10H2,1H3. The van der Waals surface area contributed by atoms with E-state index in [-0.39, 0.29) is 5.82 Å². The molecule has 1 aromatic rings. The van der Waals surface area contributed by atoms with Crippen LogP contribution in [0.25, 0.3) is 0 Å². The molecule has 4 heteroatoms. The minimum Gasteiger partial charge on any atom is -0.379 e. The van der Waals surface area contributed by atoms with Crippen molar-refractivity contribution in [2.45, 2.75) is 25.3 Å². The van der Waals surface area contributed by atoms with E-state index < -0.39 is 0 Å². The molecule has 0 N–H and O–H groups in total. The first-order valence-corrected chi connectivity index (χ1v) is 8.02. The highest BCUT2D eigenvalue weighted by molar-refractivity contribution is 5.28. The number of halogens is 1. The molecule has 2 heterocycles. The van der Waals surface area contributed by atoms with E-state index >= 15 is 0 Å². The van der Waals surface area contributed by atoms with Crippen molar-refractivity contribution >= 4 is 0 Å². The van der Waals surface area contributed by atoms with Crippen molar-refractivity contribution in [1.82, 2.24) is 9.80 Å². The molecular weight excluding hydrogens is 267 g/mol. The fraction of sp³-hybridized carbons (Fsp3) is 0.647. The maximum absolute atomic E-state index is 13.9. The number of ether oxygens (including phenoxy) is 1. The highest BCUT2D eigenvalue weighted by Crippen LogP contribution is 2.31. The highest BCUT2D eigenvalue weighted by Gasteiger charge is 2.23. The summed E-state index contributed by atoms with van der Waals surface area (Å²) in [6.45, 7) is 5.74. The lowest BCUT2D eigenvalue weighted by Gasteiger charge is -2.26. The van der Waals surface area contributed by atoms with Crippen LogP contribution in [-0.2, 0) is 11.2 Å². The molecule has 0 saturated carbocycles. The fourth-order valence-electron chi connectivity index (χ4n) is 3.46. The monoisotopic (exact) mass is 292 g/mol. The van der Waals surface area contributed by atoms with Gasteiger partial charge in [-0.2, -0.15) is 0 Å². The molecule has 0 radical (unpaired) electrons. The predicted molar refractivity (Wildman–Crippen MR) is 82.0 cm³/mol. The zero-order valence-corrected chi connectivity index (χ0v) is 12.9. The van der Waals surface area contributed by atoms with E-state index in [9.17, 15) is 4.39 Å². The second-order valence-corrected chi connectivity index (χ2v) is 6.24. The van der Waals surface area contributed by atoms with E-state index in [0.29, 0.717) is 6.04 Å². The molecule has 1 atom stereocenters. The average molecular weight is 292 g/mol. The van der Waals surface area contributed by atoms with Gasteiger partial charge in [-0.1, -0.05) is 6.07 Å². The Labute approximate surface area is 126 Å². The van der Waals surface area contributed by atoms with E-state index in [1.807, 2.05) is 0 Å². The SMILES string of the molecule is CN1CCCC1c1cc(F)cc(CCN2CCOCC2)c1. The van der Waals surface area contributed by atoms with Crippen molar-refractivity contribution in [2.24, 2.45) is 0 Å². The first-order chi connectivity index (χ1) is 10.2. The summed E-state index contributed by atoms with van der Waals surface area (Å²) in [7, 11) is 2.13. The van der Waals surface area contributed by atoms with E-state index in [0.717, 1.165) is 63.4 Å². The van der Waals surface area contributed by atoms with Gasteiger partial charge < -0.3 is 4.74 Å². The Morgan fingerprint density at radius 3 is 2.71 bits per heavy atom. The van der Waals surface area contributed by atoms with Gasteiger partial charge in [-0.3, -0.25) is 9.80 Å². The van der Waals surface area contributed by atoms with Crippen molar-refractivity contribution in [1.29, 1.82) is 0 Å². The van der Waals surface area contributed by atoms with Crippen LogP contribution in [-0.4, -0.2) is 56.2 Å². The van der Waals surface area contributed by atoms with Gasteiger partial charge in [0.2, 0.25) is 0 Å². The maximum atomic E-state index is 13.9.